The molecule has 4 heteroatoms. The molecular formula is C19H22O4. The van der Waals surface area contributed by atoms with Gasteiger partial charge in [-0.3, -0.25) is 9.59 Å². The molecule has 122 valence electrons. The van der Waals surface area contributed by atoms with Crippen LogP contribution in [0.5, 0.6) is 0 Å². The quantitative estimate of drug-likeness (QED) is 0.363. The molecule has 0 radical (unpaired) electrons. The largest absolute Gasteiger partial charge is 0.468 e. The van der Waals surface area contributed by atoms with E-state index in [0.29, 0.717) is 6.42 Å². The molecule has 1 fully saturated rings. The Balaban J connectivity index is 2.50. The molecule has 23 heavy (non-hydrogen) atoms. The van der Waals surface area contributed by atoms with E-state index < -0.39 is 22.8 Å². The third-order valence-electron chi connectivity index (χ3n) is 4.43. The lowest BCUT2D eigenvalue weighted by Gasteiger charge is -2.18. The van der Waals surface area contributed by atoms with Gasteiger partial charge in [0.05, 0.1) is 19.6 Å². The Morgan fingerprint density at radius 3 is 2.26 bits per heavy atom. The van der Waals surface area contributed by atoms with Crippen LogP contribution in [0.3, 0.4) is 0 Å². The van der Waals surface area contributed by atoms with Gasteiger partial charge >= 0.3 is 11.9 Å². The van der Waals surface area contributed by atoms with Crippen molar-refractivity contribution in [1.82, 2.24) is 0 Å². The molecule has 1 aliphatic carbocycles. The zero-order valence-electron chi connectivity index (χ0n) is 13.8. The Morgan fingerprint density at radius 1 is 1.13 bits per heavy atom. The SMILES string of the molecule is CCCCC#CC1(c2ccccc2)CC1(C(=O)OC)C(=O)OC. The summed E-state index contributed by atoms with van der Waals surface area (Å²) < 4.78 is 9.79. The van der Waals surface area contributed by atoms with Gasteiger partial charge < -0.3 is 9.47 Å². The van der Waals surface area contributed by atoms with Crippen molar-refractivity contribution in [3.8, 4) is 11.8 Å². The molecule has 1 atom stereocenters. The van der Waals surface area contributed by atoms with Gasteiger partial charge in [0, 0.05) is 6.42 Å². The Bertz CT molecular complexity index is 622. The molecule has 1 aromatic carbocycles. The second-order valence-electron chi connectivity index (χ2n) is 5.74. The minimum atomic E-state index is -1.36. The number of rotatable bonds is 5. The molecule has 0 saturated heterocycles. The highest BCUT2D eigenvalue weighted by Crippen LogP contribution is 2.65. The fourth-order valence-electron chi connectivity index (χ4n) is 3.05. The maximum absolute atomic E-state index is 12.4. The van der Waals surface area contributed by atoms with E-state index in [1.165, 1.54) is 14.2 Å². The van der Waals surface area contributed by atoms with Crippen molar-refractivity contribution in [2.45, 2.75) is 38.0 Å². The highest BCUT2D eigenvalue weighted by molar-refractivity contribution is 6.07. The molecular weight excluding hydrogens is 292 g/mol. The Hall–Kier alpha value is -2.28. The number of unbranched alkanes of at least 4 members (excludes halogenated alkanes) is 2. The van der Waals surface area contributed by atoms with Gasteiger partial charge in [0.2, 0.25) is 0 Å². The number of esters is 2. The van der Waals surface area contributed by atoms with Crippen molar-refractivity contribution >= 4 is 11.9 Å². The smallest absolute Gasteiger partial charge is 0.325 e. The molecule has 0 aliphatic heterocycles. The second kappa shape index (κ2) is 6.87. The van der Waals surface area contributed by atoms with E-state index in [1.807, 2.05) is 30.3 Å². The van der Waals surface area contributed by atoms with Crippen molar-refractivity contribution in [2.24, 2.45) is 5.41 Å². The van der Waals surface area contributed by atoms with E-state index in [0.717, 1.165) is 24.8 Å². The number of benzene rings is 1. The van der Waals surface area contributed by atoms with Gasteiger partial charge in [-0.1, -0.05) is 49.6 Å². The summed E-state index contributed by atoms with van der Waals surface area (Å²) in [5.41, 5.74) is -1.38. The van der Waals surface area contributed by atoms with Crippen LogP contribution in [0, 0.1) is 17.3 Å². The van der Waals surface area contributed by atoms with Crippen LogP contribution in [0.1, 0.15) is 38.2 Å². The fraction of sp³-hybridized carbons (Fsp3) is 0.474. The maximum Gasteiger partial charge on any atom is 0.325 e. The van der Waals surface area contributed by atoms with Crippen molar-refractivity contribution in [2.75, 3.05) is 14.2 Å². The monoisotopic (exact) mass is 314 g/mol. The summed E-state index contributed by atoms with van der Waals surface area (Å²) in [6, 6.07) is 9.43. The number of carbonyl (C=O) groups is 2. The van der Waals surface area contributed by atoms with E-state index in [2.05, 4.69) is 18.8 Å². The van der Waals surface area contributed by atoms with Crippen LogP contribution < -0.4 is 0 Å². The Morgan fingerprint density at radius 2 is 1.74 bits per heavy atom. The van der Waals surface area contributed by atoms with Gasteiger partial charge in [0.15, 0.2) is 5.41 Å². The molecule has 0 spiro atoms. The molecule has 0 aromatic heterocycles. The average molecular weight is 314 g/mol. The number of carbonyl (C=O) groups excluding carboxylic acids is 2. The predicted octanol–water partition coefficient (Wildman–Crippen LogP) is 2.85. The van der Waals surface area contributed by atoms with Gasteiger partial charge in [-0.05, 0) is 18.4 Å². The van der Waals surface area contributed by atoms with Gasteiger partial charge in [-0.25, -0.2) is 0 Å². The van der Waals surface area contributed by atoms with E-state index in [1.54, 1.807) is 0 Å². The zero-order valence-corrected chi connectivity index (χ0v) is 13.8. The maximum atomic E-state index is 12.4. The van der Waals surface area contributed by atoms with Crippen molar-refractivity contribution in [3.05, 3.63) is 35.9 Å². The van der Waals surface area contributed by atoms with Crippen LogP contribution >= 0.6 is 0 Å². The van der Waals surface area contributed by atoms with Crippen molar-refractivity contribution in [1.29, 1.82) is 0 Å². The minimum Gasteiger partial charge on any atom is -0.468 e. The normalized spacial score (nSPS) is 20.8. The molecule has 4 nitrogen and oxygen atoms in total. The van der Waals surface area contributed by atoms with Crippen LogP contribution in [0.25, 0.3) is 0 Å². The average Bonchev–Trinajstić information content (AvgIpc) is 3.29. The van der Waals surface area contributed by atoms with E-state index in [-0.39, 0.29) is 0 Å². The summed E-state index contributed by atoms with van der Waals surface area (Å²) in [4.78, 5) is 24.8. The van der Waals surface area contributed by atoms with Crippen molar-refractivity contribution in [3.63, 3.8) is 0 Å². The van der Waals surface area contributed by atoms with Crippen LogP contribution in [-0.2, 0) is 24.5 Å². The van der Waals surface area contributed by atoms with Gasteiger partial charge in [-0.2, -0.15) is 0 Å². The topological polar surface area (TPSA) is 52.6 Å². The molecule has 1 aliphatic rings. The summed E-state index contributed by atoms with van der Waals surface area (Å²) in [7, 11) is 2.57. The molecule has 0 bridgehead atoms. The number of ether oxygens (including phenoxy) is 2. The first-order valence-corrected chi connectivity index (χ1v) is 7.81. The van der Waals surface area contributed by atoms with Gasteiger partial charge in [0.25, 0.3) is 0 Å². The molecule has 0 N–H and O–H groups in total. The third kappa shape index (κ3) is 2.72. The van der Waals surface area contributed by atoms with E-state index in [9.17, 15) is 9.59 Å². The summed E-state index contributed by atoms with van der Waals surface area (Å²) in [6.45, 7) is 2.10. The number of hydrogen-bond donors (Lipinski definition) is 0. The molecule has 2 rings (SSSR count). The standard InChI is InChI=1S/C19H22O4/c1-4-5-6-10-13-18(15-11-8-7-9-12-15)14-19(18,16(20)22-2)17(21)23-3/h7-9,11-12H,4-6,14H2,1-3H3. The molecule has 1 aromatic rings. The third-order valence-corrected chi connectivity index (χ3v) is 4.43. The fourth-order valence-corrected chi connectivity index (χ4v) is 3.05. The van der Waals surface area contributed by atoms with Gasteiger partial charge in [0.1, 0.15) is 0 Å². The first-order valence-electron chi connectivity index (χ1n) is 7.81. The van der Waals surface area contributed by atoms with Crippen LogP contribution in [0.4, 0.5) is 0 Å². The summed E-state index contributed by atoms with van der Waals surface area (Å²) in [5, 5.41) is 0. The van der Waals surface area contributed by atoms with Crippen molar-refractivity contribution < 1.29 is 19.1 Å². The Labute approximate surface area is 137 Å². The lowest BCUT2D eigenvalue weighted by Crippen LogP contribution is -2.35. The van der Waals surface area contributed by atoms with E-state index in [4.69, 9.17) is 9.47 Å². The van der Waals surface area contributed by atoms with Crippen LogP contribution in [0.2, 0.25) is 0 Å². The van der Waals surface area contributed by atoms with Crippen LogP contribution in [0.15, 0.2) is 30.3 Å². The summed E-state index contributed by atoms with van der Waals surface area (Å²) in [5.74, 6) is 5.16. The van der Waals surface area contributed by atoms with Crippen LogP contribution in [-0.4, -0.2) is 26.2 Å². The highest BCUT2D eigenvalue weighted by atomic mass is 16.5. The zero-order chi connectivity index (χ0) is 16.9. The number of methoxy groups -OCH3 is 2. The van der Waals surface area contributed by atoms with E-state index >= 15 is 0 Å². The molecule has 0 heterocycles. The lowest BCUT2D eigenvalue weighted by atomic mass is 9.86. The first-order chi connectivity index (χ1) is 11.1. The molecule has 1 saturated carbocycles. The highest BCUT2D eigenvalue weighted by Gasteiger charge is 2.79. The number of hydrogen-bond acceptors (Lipinski definition) is 4. The second-order valence-corrected chi connectivity index (χ2v) is 5.74. The molecule has 1 unspecified atom stereocenters. The Kier molecular flexibility index (Phi) is 5.10. The minimum absolute atomic E-state index is 0.294. The summed E-state index contributed by atoms with van der Waals surface area (Å²) in [6.07, 6.45) is 3.07. The lowest BCUT2D eigenvalue weighted by molar-refractivity contribution is -0.162. The summed E-state index contributed by atoms with van der Waals surface area (Å²) >= 11 is 0. The predicted molar refractivity (Wildman–Crippen MR) is 86.5 cm³/mol. The molecule has 0 amide bonds. The first kappa shape index (κ1) is 17.1. The van der Waals surface area contributed by atoms with Gasteiger partial charge in [-0.15, -0.1) is 5.92 Å².